The van der Waals surface area contributed by atoms with Crippen LogP contribution >= 0.6 is 0 Å². The van der Waals surface area contributed by atoms with Crippen LogP contribution in [0.4, 0.5) is 0 Å². The largest absolute Gasteiger partial charge is 0.492 e. The molecule has 0 aliphatic heterocycles. The molecule has 0 saturated carbocycles. The minimum Gasteiger partial charge on any atom is -0.492 e. The molecule has 112 valence electrons. The molecule has 0 heterocycles. The van der Waals surface area contributed by atoms with Gasteiger partial charge in [-0.05, 0) is 32.0 Å². The summed E-state index contributed by atoms with van der Waals surface area (Å²) in [7, 11) is 0. The highest BCUT2D eigenvalue weighted by atomic mass is 16.5. The SMILES string of the molecule is CC(C)N(CCC#N)CCOc1cccc(C#CCO)c1. The normalized spacial score (nSPS) is 10.1. The van der Waals surface area contributed by atoms with E-state index in [1.54, 1.807) is 0 Å². The first-order chi connectivity index (χ1) is 10.2. The van der Waals surface area contributed by atoms with Crippen LogP contribution in [0.25, 0.3) is 0 Å². The molecule has 1 rings (SSSR count). The van der Waals surface area contributed by atoms with Crippen molar-refractivity contribution >= 4 is 0 Å². The van der Waals surface area contributed by atoms with Crippen molar-refractivity contribution in [2.75, 3.05) is 26.3 Å². The maximum atomic E-state index is 8.69. The summed E-state index contributed by atoms with van der Waals surface area (Å²) in [6.07, 6.45) is 0.532. The van der Waals surface area contributed by atoms with Gasteiger partial charge in [0.15, 0.2) is 0 Å². The predicted molar refractivity (Wildman–Crippen MR) is 82.8 cm³/mol. The summed E-state index contributed by atoms with van der Waals surface area (Å²) in [5, 5.41) is 17.4. The van der Waals surface area contributed by atoms with Gasteiger partial charge in [0.05, 0.1) is 6.07 Å². The third kappa shape index (κ3) is 6.81. The van der Waals surface area contributed by atoms with E-state index in [1.165, 1.54) is 0 Å². The lowest BCUT2D eigenvalue weighted by atomic mass is 10.2. The second-order valence-corrected chi connectivity index (χ2v) is 4.87. The Labute approximate surface area is 127 Å². The average Bonchev–Trinajstić information content (AvgIpc) is 2.48. The highest BCUT2D eigenvalue weighted by Crippen LogP contribution is 2.12. The van der Waals surface area contributed by atoms with E-state index in [0.717, 1.165) is 24.4 Å². The molecule has 4 nitrogen and oxygen atoms in total. The van der Waals surface area contributed by atoms with Crippen molar-refractivity contribution in [3.05, 3.63) is 29.8 Å². The van der Waals surface area contributed by atoms with Crippen LogP contribution in [0.15, 0.2) is 24.3 Å². The Bertz CT molecular complexity index is 524. The van der Waals surface area contributed by atoms with Crippen molar-refractivity contribution in [1.82, 2.24) is 4.90 Å². The molecule has 1 aromatic rings. The third-order valence-electron chi connectivity index (χ3n) is 3.03. The number of hydrogen-bond donors (Lipinski definition) is 1. The molecule has 1 aromatic carbocycles. The molecule has 0 saturated heterocycles. The Morgan fingerprint density at radius 1 is 1.33 bits per heavy atom. The van der Waals surface area contributed by atoms with Crippen LogP contribution in [0.5, 0.6) is 5.75 Å². The maximum Gasteiger partial charge on any atom is 0.120 e. The first-order valence-corrected chi connectivity index (χ1v) is 7.11. The second-order valence-electron chi connectivity index (χ2n) is 4.87. The van der Waals surface area contributed by atoms with Gasteiger partial charge >= 0.3 is 0 Å². The quantitative estimate of drug-likeness (QED) is 0.779. The van der Waals surface area contributed by atoms with Crippen molar-refractivity contribution in [1.29, 1.82) is 5.26 Å². The molecule has 0 aromatic heterocycles. The average molecular weight is 286 g/mol. The molecule has 0 aliphatic rings. The Morgan fingerprint density at radius 3 is 2.81 bits per heavy atom. The van der Waals surface area contributed by atoms with E-state index in [4.69, 9.17) is 15.1 Å². The highest BCUT2D eigenvalue weighted by Gasteiger charge is 2.08. The van der Waals surface area contributed by atoms with Gasteiger partial charge in [-0.15, -0.1) is 0 Å². The molecule has 21 heavy (non-hydrogen) atoms. The zero-order valence-corrected chi connectivity index (χ0v) is 12.7. The summed E-state index contributed by atoms with van der Waals surface area (Å²) in [6.45, 7) is 6.20. The smallest absolute Gasteiger partial charge is 0.120 e. The van der Waals surface area contributed by atoms with Crippen LogP contribution in [0.1, 0.15) is 25.8 Å². The highest BCUT2D eigenvalue weighted by molar-refractivity contribution is 5.39. The van der Waals surface area contributed by atoms with Crippen molar-refractivity contribution < 1.29 is 9.84 Å². The van der Waals surface area contributed by atoms with E-state index < -0.39 is 0 Å². The summed E-state index contributed by atoms with van der Waals surface area (Å²) >= 11 is 0. The molecule has 0 atom stereocenters. The summed E-state index contributed by atoms with van der Waals surface area (Å²) in [6, 6.07) is 10.1. The van der Waals surface area contributed by atoms with Crippen molar-refractivity contribution in [3.8, 4) is 23.7 Å². The van der Waals surface area contributed by atoms with Crippen LogP contribution in [0, 0.1) is 23.2 Å². The van der Waals surface area contributed by atoms with Gasteiger partial charge in [-0.25, -0.2) is 0 Å². The Hall–Kier alpha value is -2.01. The Kier molecular flexibility index (Phi) is 7.97. The zero-order valence-electron chi connectivity index (χ0n) is 12.7. The predicted octanol–water partition coefficient (Wildman–Crippen LogP) is 2.03. The number of hydrogen-bond acceptors (Lipinski definition) is 4. The lowest BCUT2D eigenvalue weighted by molar-refractivity contribution is 0.179. The minimum atomic E-state index is -0.146. The van der Waals surface area contributed by atoms with Gasteiger partial charge in [-0.1, -0.05) is 17.9 Å². The van der Waals surface area contributed by atoms with Crippen molar-refractivity contribution in [2.24, 2.45) is 0 Å². The molecule has 0 fully saturated rings. The lowest BCUT2D eigenvalue weighted by Crippen LogP contribution is -2.35. The molecular weight excluding hydrogens is 264 g/mol. The lowest BCUT2D eigenvalue weighted by Gasteiger charge is -2.25. The fourth-order valence-electron chi connectivity index (χ4n) is 1.91. The minimum absolute atomic E-state index is 0.146. The molecule has 0 spiro atoms. The van der Waals surface area contributed by atoms with Gasteiger partial charge in [0.1, 0.15) is 19.0 Å². The Balaban J connectivity index is 2.49. The zero-order chi connectivity index (χ0) is 15.5. The number of rotatable bonds is 7. The molecule has 0 unspecified atom stereocenters. The number of aliphatic hydroxyl groups is 1. The van der Waals surface area contributed by atoms with Gasteiger partial charge in [-0.3, -0.25) is 4.90 Å². The number of nitrogens with zero attached hydrogens (tertiary/aromatic N) is 2. The van der Waals surface area contributed by atoms with Crippen molar-refractivity contribution in [3.63, 3.8) is 0 Å². The molecule has 0 bridgehead atoms. The van der Waals surface area contributed by atoms with E-state index in [1.807, 2.05) is 24.3 Å². The summed E-state index contributed by atoms with van der Waals surface area (Å²) < 4.78 is 5.73. The number of aliphatic hydroxyl groups excluding tert-OH is 1. The number of benzene rings is 1. The van der Waals surface area contributed by atoms with Crippen LogP contribution in [0.3, 0.4) is 0 Å². The molecular formula is C17H22N2O2. The Morgan fingerprint density at radius 2 is 2.14 bits per heavy atom. The van der Waals surface area contributed by atoms with Gasteiger partial charge in [-0.2, -0.15) is 5.26 Å². The van der Waals surface area contributed by atoms with Crippen LogP contribution in [0.2, 0.25) is 0 Å². The second kappa shape index (κ2) is 9.83. The fraction of sp³-hybridized carbons (Fsp3) is 0.471. The summed E-state index contributed by atoms with van der Waals surface area (Å²) in [5.74, 6) is 6.24. The van der Waals surface area contributed by atoms with Crippen molar-refractivity contribution in [2.45, 2.75) is 26.3 Å². The van der Waals surface area contributed by atoms with E-state index in [2.05, 4.69) is 36.7 Å². The topological polar surface area (TPSA) is 56.5 Å². The third-order valence-corrected chi connectivity index (χ3v) is 3.03. The van der Waals surface area contributed by atoms with Crippen LogP contribution < -0.4 is 4.74 Å². The van der Waals surface area contributed by atoms with E-state index >= 15 is 0 Å². The molecule has 0 amide bonds. The monoisotopic (exact) mass is 286 g/mol. The maximum absolute atomic E-state index is 8.69. The molecule has 1 N–H and O–H groups in total. The van der Waals surface area contributed by atoms with Gasteiger partial charge < -0.3 is 9.84 Å². The van der Waals surface area contributed by atoms with Crippen LogP contribution in [-0.2, 0) is 0 Å². The number of ether oxygens (including phenoxy) is 1. The molecule has 0 radical (unpaired) electrons. The summed E-state index contributed by atoms with van der Waals surface area (Å²) in [4.78, 5) is 2.22. The van der Waals surface area contributed by atoms with Gasteiger partial charge in [0, 0.05) is 31.1 Å². The van der Waals surface area contributed by atoms with Crippen LogP contribution in [-0.4, -0.2) is 42.4 Å². The fourth-order valence-corrected chi connectivity index (χ4v) is 1.91. The van der Waals surface area contributed by atoms with Gasteiger partial charge in [0.25, 0.3) is 0 Å². The number of nitriles is 1. The standard InChI is InChI=1S/C17H22N2O2/c1-15(2)19(10-5-9-18)11-13-21-17-8-3-6-16(14-17)7-4-12-20/h3,6,8,14-15,20H,5,10-13H2,1-2H3. The molecule has 0 aliphatic carbocycles. The first kappa shape index (κ1) is 17.0. The molecule has 4 heteroatoms. The van der Waals surface area contributed by atoms with Gasteiger partial charge in [0.2, 0.25) is 0 Å². The first-order valence-electron chi connectivity index (χ1n) is 7.11. The van der Waals surface area contributed by atoms with E-state index in [-0.39, 0.29) is 6.61 Å². The van der Waals surface area contributed by atoms with E-state index in [0.29, 0.717) is 19.1 Å². The summed E-state index contributed by atoms with van der Waals surface area (Å²) in [5.41, 5.74) is 0.826. The van der Waals surface area contributed by atoms with E-state index in [9.17, 15) is 0 Å².